The maximum absolute atomic E-state index is 12.5. The van der Waals surface area contributed by atoms with Crippen LogP contribution in [0, 0.1) is 34.0 Å². The molecule has 200 valence electrons. The number of allylic oxidation sites excluding steroid dienone is 5. The molecular weight excluding hydrogens is 456 g/mol. The molecule has 0 aromatic carbocycles. The van der Waals surface area contributed by atoms with Crippen LogP contribution in [-0.2, 0) is 9.59 Å². The lowest BCUT2D eigenvalue weighted by Gasteiger charge is -2.55. The molecule has 3 aliphatic rings. The minimum Gasteiger partial charge on any atom is -0.481 e. The Kier molecular flexibility index (Phi) is 7.58. The average Bonchev–Trinajstić information content (AvgIpc) is 2.97. The molecule has 0 aliphatic heterocycles. The van der Waals surface area contributed by atoms with Gasteiger partial charge < -0.3 is 20.4 Å². The van der Waals surface area contributed by atoms with Crippen LogP contribution in [0.15, 0.2) is 48.1 Å². The van der Waals surface area contributed by atoms with Gasteiger partial charge in [-0.3, -0.25) is 9.59 Å². The van der Waals surface area contributed by atoms with E-state index in [1.165, 1.54) is 0 Å². The van der Waals surface area contributed by atoms with Crippen LogP contribution < -0.4 is 0 Å². The Balaban J connectivity index is 2.02. The fourth-order valence-electron chi connectivity index (χ4n) is 7.50. The van der Waals surface area contributed by atoms with Gasteiger partial charge in [-0.1, -0.05) is 45.6 Å². The SMILES string of the molecule is C=CC1CC=C2C(=CCC3(C)C(C(CCC(=C)C(C)(C)O)C(=O)O)C(O)CC23C)C1(C)CCC(=O)O. The van der Waals surface area contributed by atoms with Crippen molar-refractivity contribution in [2.24, 2.45) is 34.0 Å². The van der Waals surface area contributed by atoms with E-state index < -0.39 is 46.3 Å². The largest absolute Gasteiger partial charge is 0.481 e. The average molecular weight is 501 g/mol. The second kappa shape index (κ2) is 9.60. The maximum Gasteiger partial charge on any atom is 0.306 e. The number of carbonyl (C=O) groups is 2. The molecule has 6 nitrogen and oxygen atoms in total. The number of aliphatic hydroxyl groups excluding tert-OH is 1. The number of hydrogen-bond donors (Lipinski definition) is 4. The number of rotatable bonds is 10. The Labute approximate surface area is 215 Å². The summed E-state index contributed by atoms with van der Waals surface area (Å²) in [7, 11) is 0. The molecule has 0 heterocycles. The van der Waals surface area contributed by atoms with Crippen molar-refractivity contribution >= 4 is 11.9 Å². The highest BCUT2D eigenvalue weighted by atomic mass is 16.4. The van der Waals surface area contributed by atoms with Crippen LogP contribution in [0.5, 0.6) is 0 Å². The highest BCUT2D eigenvalue weighted by Crippen LogP contribution is 2.70. The molecule has 0 saturated heterocycles. The molecule has 7 unspecified atom stereocenters. The molecule has 1 fully saturated rings. The lowest BCUT2D eigenvalue weighted by Crippen LogP contribution is -2.48. The molecule has 4 N–H and O–H groups in total. The summed E-state index contributed by atoms with van der Waals surface area (Å²) in [5, 5.41) is 41.4. The van der Waals surface area contributed by atoms with Crippen LogP contribution in [0.25, 0.3) is 0 Å². The van der Waals surface area contributed by atoms with Crippen molar-refractivity contribution in [1.82, 2.24) is 0 Å². The molecule has 3 rings (SSSR count). The van der Waals surface area contributed by atoms with E-state index in [1.54, 1.807) is 13.8 Å². The van der Waals surface area contributed by atoms with Gasteiger partial charge >= 0.3 is 11.9 Å². The first-order chi connectivity index (χ1) is 16.5. The lowest BCUT2D eigenvalue weighted by molar-refractivity contribution is -0.148. The number of hydrogen-bond acceptors (Lipinski definition) is 4. The number of aliphatic hydroxyl groups is 2. The summed E-state index contributed by atoms with van der Waals surface area (Å²) in [6, 6.07) is 0. The highest BCUT2D eigenvalue weighted by molar-refractivity contribution is 5.71. The van der Waals surface area contributed by atoms with E-state index in [0.29, 0.717) is 37.7 Å². The van der Waals surface area contributed by atoms with Gasteiger partial charge in [0.25, 0.3) is 0 Å². The Bertz CT molecular complexity index is 999. The van der Waals surface area contributed by atoms with Crippen LogP contribution in [0.4, 0.5) is 0 Å². The summed E-state index contributed by atoms with van der Waals surface area (Å²) in [6.45, 7) is 17.7. The quantitative estimate of drug-likeness (QED) is 0.294. The second-order valence-corrected chi connectivity index (χ2v) is 12.5. The molecule has 0 aromatic heterocycles. The molecule has 0 radical (unpaired) electrons. The van der Waals surface area contributed by atoms with Crippen LogP contribution in [0.3, 0.4) is 0 Å². The van der Waals surface area contributed by atoms with E-state index >= 15 is 0 Å². The van der Waals surface area contributed by atoms with Gasteiger partial charge in [0, 0.05) is 17.8 Å². The van der Waals surface area contributed by atoms with Crippen molar-refractivity contribution in [2.45, 2.75) is 91.3 Å². The number of fused-ring (bicyclic) bond motifs is 3. The molecule has 36 heavy (non-hydrogen) atoms. The summed E-state index contributed by atoms with van der Waals surface area (Å²) in [4.78, 5) is 24.0. The third-order valence-corrected chi connectivity index (χ3v) is 10.2. The maximum atomic E-state index is 12.5. The first-order valence-corrected chi connectivity index (χ1v) is 13.1. The van der Waals surface area contributed by atoms with E-state index in [9.17, 15) is 30.0 Å². The van der Waals surface area contributed by atoms with Gasteiger partial charge in [0.2, 0.25) is 0 Å². The second-order valence-electron chi connectivity index (χ2n) is 12.5. The third kappa shape index (κ3) is 4.51. The van der Waals surface area contributed by atoms with Crippen molar-refractivity contribution in [3.63, 3.8) is 0 Å². The van der Waals surface area contributed by atoms with Crippen molar-refractivity contribution in [3.8, 4) is 0 Å². The van der Waals surface area contributed by atoms with Crippen LogP contribution in [-0.4, -0.2) is 44.1 Å². The van der Waals surface area contributed by atoms with Gasteiger partial charge in [0.05, 0.1) is 17.6 Å². The lowest BCUT2D eigenvalue weighted by atomic mass is 9.48. The minimum atomic E-state index is -1.09. The molecule has 1 saturated carbocycles. The number of carboxylic acids is 2. The van der Waals surface area contributed by atoms with Gasteiger partial charge in [-0.15, -0.1) is 6.58 Å². The summed E-state index contributed by atoms with van der Waals surface area (Å²) < 4.78 is 0. The van der Waals surface area contributed by atoms with E-state index in [-0.39, 0.29) is 17.8 Å². The van der Waals surface area contributed by atoms with Crippen molar-refractivity contribution < 1.29 is 30.0 Å². The fourth-order valence-corrected chi connectivity index (χ4v) is 7.50. The predicted octanol–water partition coefficient (Wildman–Crippen LogP) is 5.52. The smallest absolute Gasteiger partial charge is 0.306 e. The Morgan fingerprint density at radius 1 is 1.17 bits per heavy atom. The summed E-state index contributed by atoms with van der Waals surface area (Å²) in [5.74, 6) is -2.88. The standard InChI is InChI=1S/C30H44O6/c1-8-19-10-12-22-21(28(19,5)15-14-24(32)33)13-16-29(6)25(23(31)17-30(22,29)7)20(26(34)35)11-9-18(2)27(3,4)36/h8,12-13,19-20,23,25,31,36H,1-2,9-11,14-17H2,3-7H3,(H,32,33)(H,34,35). The first kappa shape index (κ1) is 28.4. The van der Waals surface area contributed by atoms with Crippen LogP contribution in [0.2, 0.25) is 0 Å². The molecule has 0 amide bonds. The van der Waals surface area contributed by atoms with E-state index in [1.807, 2.05) is 6.08 Å². The van der Waals surface area contributed by atoms with Gasteiger partial charge in [-0.05, 0) is 85.8 Å². The molecule has 3 aliphatic carbocycles. The van der Waals surface area contributed by atoms with Gasteiger partial charge in [-0.2, -0.15) is 0 Å². The molecule has 7 atom stereocenters. The molecule has 6 heteroatoms. The molecule has 0 bridgehead atoms. The van der Waals surface area contributed by atoms with Crippen molar-refractivity contribution in [3.05, 3.63) is 48.1 Å². The summed E-state index contributed by atoms with van der Waals surface area (Å²) in [5.41, 5.74) is 0.444. The van der Waals surface area contributed by atoms with E-state index in [2.05, 4.69) is 46.1 Å². The Morgan fingerprint density at radius 3 is 2.33 bits per heavy atom. The van der Waals surface area contributed by atoms with Gasteiger partial charge in [0.1, 0.15) is 0 Å². The van der Waals surface area contributed by atoms with Crippen molar-refractivity contribution in [1.29, 1.82) is 0 Å². The number of aliphatic carboxylic acids is 2. The fraction of sp³-hybridized carbons (Fsp3) is 0.667. The van der Waals surface area contributed by atoms with Gasteiger partial charge in [-0.25, -0.2) is 0 Å². The molecular formula is C30H44O6. The van der Waals surface area contributed by atoms with E-state index in [4.69, 9.17) is 0 Å². The zero-order chi connectivity index (χ0) is 27.3. The number of carboxylic acid groups (broad SMARTS) is 2. The summed E-state index contributed by atoms with van der Waals surface area (Å²) >= 11 is 0. The third-order valence-electron chi connectivity index (χ3n) is 10.2. The predicted molar refractivity (Wildman–Crippen MR) is 140 cm³/mol. The zero-order valence-corrected chi connectivity index (χ0v) is 22.5. The molecule has 0 aromatic rings. The van der Waals surface area contributed by atoms with Crippen LogP contribution in [0.1, 0.15) is 79.6 Å². The Morgan fingerprint density at radius 2 is 1.81 bits per heavy atom. The van der Waals surface area contributed by atoms with Crippen molar-refractivity contribution in [2.75, 3.05) is 0 Å². The Hall–Kier alpha value is -2.18. The minimum absolute atomic E-state index is 0.0663. The van der Waals surface area contributed by atoms with E-state index in [0.717, 1.165) is 17.6 Å². The molecule has 0 spiro atoms. The first-order valence-electron chi connectivity index (χ1n) is 13.1. The monoisotopic (exact) mass is 500 g/mol. The van der Waals surface area contributed by atoms with Crippen LogP contribution >= 0.6 is 0 Å². The zero-order valence-electron chi connectivity index (χ0n) is 22.5. The van der Waals surface area contributed by atoms with Gasteiger partial charge in [0.15, 0.2) is 0 Å². The highest BCUT2D eigenvalue weighted by Gasteiger charge is 2.65. The summed E-state index contributed by atoms with van der Waals surface area (Å²) in [6.07, 6.45) is 8.60. The normalized spacial score (nSPS) is 36.7. The topological polar surface area (TPSA) is 115 Å².